The van der Waals surface area contributed by atoms with E-state index in [2.05, 4.69) is 6.92 Å². The molecule has 1 rings (SSSR count). The summed E-state index contributed by atoms with van der Waals surface area (Å²) in [7, 11) is 0. The molecule has 0 heterocycles. The van der Waals surface area contributed by atoms with Crippen LogP contribution < -0.4 is 0 Å². The Kier molecular flexibility index (Phi) is 7.20. The van der Waals surface area contributed by atoms with Gasteiger partial charge in [-0.3, -0.25) is 0 Å². The molecule has 0 atom stereocenters. The minimum atomic E-state index is -2.74. The molecule has 112 valence electrons. The molecular formula is C16H22F2O2. The molecule has 2 nitrogen and oxygen atoms in total. The Morgan fingerprint density at radius 1 is 1.15 bits per heavy atom. The van der Waals surface area contributed by atoms with Crippen LogP contribution in [0.3, 0.4) is 0 Å². The molecule has 0 aliphatic carbocycles. The number of carboxylic acids is 1. The molecule has 0 fully saturated rings. The Bertz CT molecular complexity index is 430. The lowest BCUT2D eigenvalue weighted by molar-refractivity contribution is 0.0684. The summed E-state index contributed by atoms with van der Waals surface area (Å²) >= 11 is 0. The average Bonchev–Trinajstić information content (AvgIpc) is 2.42. The first-order valence-corrected chi connectivity index (χ1v) is 7.20. The van der Waals surface area contributed by atoms with Gasteiger partial charge in [0, 0.05) is 5.56 Å². The number of hydrogen-bond acceptors (Lipinski definition) is 1. The monoisotopic (exact) mass is 284 g/mol. The molecule has 0 aliphatic heterocycles. The van der Waals surface area contributed by atoms with Crippen molar-refractivity contribution in [2.24, 2.45) is 0 Å². The third kappa shape index (κ3) is 5.27. The van der Waals surface area contributed by atoms with Crippen molar-refractivity contribution < 1.29 is 18.7 Å². The zero-order chi connectivity index (χ0) is 15.0. The topological polar surface area (TPSA) is 37.3 Å². The molecule has 0 aliphatic rings. The van der Waals surface area contributed by atoms with Gasteiger partial charge in [-0.25, -0.2) is 13.6 Å². The third-order valence-corrected chi connectivity index (χ3v) is 3.40. The zero-order valence-corrected chi connectivity index (χ0v) is 11.9. The first-order chi connectivity index (χ1) is 9.56. The standard InChI is InChI=1S/C16H22F2O2/c1-2-3-4-5-6-7-8-12-9-10-13(16(19)20)14(11-12)15(17)18/h9-11,15H,2-8H2,1H3,(H,19,20). The average molecular weight is 284 g/mol. The molecule has 4 heteroatoms. The molecule has 0 unspecified atom stereocenters. The van der Waals surface area contributed by atoms with E-state index in [0.29, 0.717) is 0 Å². The SMILES string of the molecule is CCCCCCCCc1ccc(C(=O)O)c(C(F)F)c1. The molecule has 1 aromatic carbocycles. The summed E-state index contributed by atoms with van der Waals surface area (Å²) in [4.78, 5) is 10.9. The van der Waals surface area contributed by atoms with Gasteiger partial charge in [-0.2, -0.15) is 0 Å². The van der Waals surface area contributed by atoms with Crippen molar-refractivity contribution in [3.8, 4) is 0 Å². The lowest BCUT2D eigenvalue weighted by Gasteiger charge is -2.08. The van der Waals surface area contributed by atoms with Crippen molar-refractivity contribution in [2.45, 2.75) is 58.3 Å². The Labute approximate surface area is 118 Å². The lowest BCUT2D eigenvalue weighted by Crippen LogP contribution is -2.04. The molecule has 0 radical (unpaired) electrons. The highest BCUT2D eigenvalue weighted by Crippen LogP contribution is 2.25. The quantitative estimate of drug-likeness (QED) is 0.631. The predicted octanol–water partition coefficient (Wildman–Crippen LogP) is 5.23. The second kappa shape index (κ2) is 8.67. The Morgan fingerprint density at radius 2 is 1.80 bits per heavy atom. The highest BCUT2D eigenvalue weighted by atomic mass is 19.3. The summed E-state index contributed by atoms with van der Waals surface area (Å²) < 4.78 is 25.7. The van der Waals surface area contributed by atoms with Crippen LogP contribution >= 0.6 is 0 Å². The van der Waals surface area contributed by atoms with Crippen LogP contribution in [0.2, 0.25) is 0 Å². The van der Waals surface area contributed by atoms with Gasteiger partial charge in [-0.15, -0.1) is 0 Å². The number of aryl methyl sites for hydroxylation is 1. The summed E-state index contributed by atoms with van der Waals surface area (Å²) in [6.45, 7) is 2.16. The van der Waals surface area contributed by atoms with Crippen molar-refractivity contribution >= 4 is 5.97 Å². The van der Waals surface area contributed by atoms with Gasteiger partial charge in [-0.1, -0.05) is 45.1 Å². The highest BCUT2D eigenvalue weighted by molar-refractivity contribution is 5.89. The molecule has 0 amide bonds. The number of aromatic carboxylic acids is 1. The number of carbonyl (C=O) groups is 1. The minimum Gasteiger partial charge on any atom is -0.478 e. The van der Waals surface area contributed by atoms with Gasteiger partial charge in [0.15, 0.2) is 0 Å². The van der Waals surface area contributed by atoms with Crippen LogP contribution in [0.4, 0.5) is 8.78 Å². The number of alkyl halides is 2. The van der Waals surface area contributed by atoms with E-state index in [1.165, 1.54) is 37.8 Å². The molecular weight excluding hydrogens is 262 g/mol. The van der Waals surface area contributed by atoms with Gasteiger partial charge >= 0.3 is 5.97 Å². The van der Waals surface area contributed by atoms with Crippen LogP contribution in [0.15, 0.2) is 18.2 Å². The van der Waals surface area contributed by atoms with Gasteiger partial charge in [0.2, 0.25) is 0 Å². The molecule has 20 heavy (non-hydrogen) atoms. The van der Waals surface area contributed by atoms with Gasteiger partial charge in [0.05, 0.1) is 5.56 Å². The van der Waals surface area contributed by atoms with E-state index in [4.69, 9.17) is 5.11 Å². The summed E-state index contributed by atoms with van der Waals surface area (Å²) in [5, 5.41) is 8.87. The van der Waals surface area contributed by atoms with Gasteiger partial charge in [0.25, 0.3) is 6.43 Å². The fourth-order valence-corrected chi connectivity index (χ4v) is 2.25. The van der Waals surface area contributed by atoms with Crippen molar-refractivity contribution in [1.29, 1.82) is 0 Å². The van der Waals surface area contributed by atoms with Gasteiger partial charge < -0.3 is 5.11 Å². The number of rotatable bonds is 9. The van der Waals surface area contributed by atoms with E-state index in [1.54, 1.807) is 6.07 Å². The van der Waals surface area contributed by atoms with E-state index < -0.39 is 12.4 Å². The van der Waals surface area contributed by atoms with Crippen LogP contribution in [-0.4, -0.2) is 11.1 Å². The fraction of sp³-hybridized carbons (Fsp3) is 0.562. The number of benzene rings is 1. The second-order valence-electron chi connectivity index (χ2n) is 5.05. The Morgan fingerprint density at radius 3 is 2.40 bits per heavy atom. The Balaban J connectivity index is 2.55. The molecule has 0 spiro atoms. The number of unbranched alkanes of at least 4 members (excludes halogenated alkanes) is 5. The number of halogens is 2. The largest absolute Gasteiger partial charge is 0.478 e. The maximum atomic E-state index is 12.8. The van der Waals surface area contributed by atoms with Crippen molar-refractivity contribution in [3.63, 3.8) is 0 Å². The zero-order valence-electron chi connectivity index (χ0n) is 11.9. The maximum absolute atomic E-state index is 12.8. The smallest absolute Gasteiger partial charge is 0.336 e. The maximum Gasteiger partial charge on any atom is 0.336 e. The minimum absolute atomic E-state index is 0.299. The van der Waals surface area contributed by atoms with E-state index in [0.717, 1.165) is 24.8 Å². The van der Waals surface area contributed by atoms with E-state index in [1.807, 2.05) is 0 Å². The second-order valence-corrected chi connectivity index (χ2v) is 5.05. The van der Waals surface area contributed by atoms with Crippen molar-refractivity contribution in [3.05, 3.63) is 34.9 Å². The predicted molar refractivity (Wildman–Crippen MR) is 75.4 cm³/mol. The van der Waals surface area contributed by atoms with Crippen LogP contribution in [-0.2, 0) is 6.42 Å². The summed E-state index contributed by atoms with van der Waals surface area (Å²) in [5.74, 6) is -1.30. The van der Waals surface area contributed by atoms with E-state index in [9.17, 15) is 13.6 Å². The molecule has 0 aromatic heterocycles. The molecule has 0 bridgehead atoms. The highest BCUT2D eigenvalue weighted by Gasteiger charge is 2.18. The number of carboxylic acid groups (broad SMARTS) is 1. The summed E-state index contributed by atoms with van der Waals surface area (Å²) in [6, 6.07) is 4.26. The van der Waals surface area contributed by atoms with Crippen LogP contribution in [0.1, 0.15) is 73.4 Å². The molecule has 1 aromatic rings. The number of hydrogen-bond donors (Lipinski definition) is 1. The van der Waals surface area contributed by atoms with Gasteiger partial charge in [0.1, 0.15) is 0 Å². The molecule has 1 N–H and O–H groups in total. The lowest BCUT2D eigenvalue weighted by atomic mass is 10.00. The first kappa shape index (κ1) is 16.6. The van der Waals surface area contributed by atoms with Crippen LogP contribution in [0.5, 0.6) is 0 Å². The van der Waals surface area contributed by atoms with E-state index >= 15 is 0 Å². The summed E-state index contributed by atoms with van der Waals surface area (Å²) in [5.41, 5.74) is 0.119. The van der Waals surface area contributed by atoms with Gasteiger partial charge in [-0.05, 0) is 30.5 Å². The fourth-order valence-electron chi connectivity index (χ4n) is 2.25. The first-order valence-electron chi connectivity index (χ1n) is 7.20. The van der Waals surface area contributed by atoms with Crippen molar-refractivity contribution in [2.75, 3.05) is 0 Å². The van der Waals surface area contributed by atoms with E-state index in [-0.39, 0.29) is 11.1 Å². The molecule has 0 saturated carbocycles. The summed E-state index contributed by atoms with van der Waals surface area (Å²) in [6.07, 6.45) is 4.86. The van der Waals surface area contributed by atoms with Crippen LogP contribution in [0.25, 0.3) is 0 Å². The molecule has 0 saturated heterocycles. The third-order valence-electron chi connectivity index (χ3n) is 3.40. The Hall–Kier alpha value is -1.45. The van der Waals surface area contributed by atoms with Crippen LogP contribution in [0, 0.1) is 0 Å². The van der Waals surface area contributed by atoms with Crippen molar-refractivity contribution in [1.82, 2.24) is 0 Å². The normalized spacial score (nSPS) is 11.0.